The van der Waals surface area contributed by atoms with Crippen LogP contribution in [0.5, 0.6) is 5.75 Å². The topological polar surface area (TPSA) is 95.0 Å². The number of ether oxygens (including phenoxy) is 2. The van der Waals surface area contributed by atoms with Crippen molar-refractivity contribution in [2.24, 2.45) is 0 Å². The lowest BCUT2D eigenvalue weighted by Gasteiger charge is -2.26. The van der Waals surface area contributed by atoms with Crippen LogP contribution >= 0.6 is 0 Å². The molecule has 1 unspecified atom stereocenters. The number of benzene rings is 2. The second-order valence-electron chi connectivity index (χ2n) is 10.8. The van der Waals surface area contributed by atoms with E-state index in [9.17, 15) is 9.59 Å². The zero-order valence-electron chi connectivity index (χ0n) is 22.7. The molecule has 1 fully saturated rings. The van der Waals surface area contributed by atoms with Crippen LogP contribution in [0.4, 0.5) is 5.69 Å². The fourth-order valence-corrected chi connectivity index (χ4v) is 4.96. The third-order valence-corrected chi connectivity index (χ3v) is 7.19. The molecule has 1 amide bonds. The highest BCUT2D eigenvalue weighted by molar-refractivity contribution is 6.07. The standard InChI is InChI=1S/C29H38N4O4/c1-7-37-26-12-19-15-33(27(30)23(19)14-24(26)28(35)31-5)17-25(34)18-10-20(29(2,3)4)13-21(11-18)32-9-8-22(16-32)36-6/h10-14,22,30H,7-9,15-17H2,1-6H3,(H,31,35). The number of hydrogen-bond acceptors (Lipinski definition) is 6. The third kappa shape index (κ3) is 5.49. The van der Waals surface area contributed by atoms with E-state index in [-0.39, 0.29) is 35.6 Å². The molecule has 37 heavy (non-hydrogen) atoms. The highest BCUT2D eigenvalue weighted by Gasteiger charge is 2.30. The van der Waals surface area contributed by atoms with Gasteiger partial charge in [0.2, 0.25) is 0 Å². The van der Waals surface area contributed by atoms with E-state index >= 15 is 0 Å². The van der Waals surface area contributed by atoms with E-state index in [1.165, 1.54) is 0 Å². The minimum absolute atomic E-state index is 0.0380. The van der Waals surface area contributed by atoms with Gasteiger partial charge in [-0.25, -0.2) is 0 Å². The second-order valence-corrected chi connectivity index (χ2v) is 10.8. The maximum absolute atomic E-state index is 13.6. The number of fused-ring (bicyclic) bond motifs is 1. The van der Waals surface area contributed by atoms with Crippen LogP contribution in [0.2, 0.25) is 0 Å². The van der Waals surface area contributed by atoms with Gasteiger partial charge < -0.3 is 24.6 Å². The molecule has 0 aliphatic carbocycles. The minimum atomic E-state index is -0.266. The number of hydrogen-bond donors (Lipinski definition) is 2. The number of ketones is 1. The lowest BCUT2D eigenvalue weighted by molar-refractivity contribution is 0.0953. The quantitative estimate of drug-likeness (QED) is 0.526. The molecular formula is C29H38N4O4. The largest absolute Gasteiger partial charge is 0.493 e. The van der Waals surface area contributed by atoms with E-state index in [0.29, 0.717) is 35.6 Å². The molecule has 0 bridgehead atoms. The molecule has 2 N–H and O–H groups in total. The average Bonchev–Trinajstić information content (AvgIpc) is 3.47. The van der Waals surface area contributed by atoms with Gasteiger partial charge >= 0.3 is 0 Å². The summed E-state index contributed by atoms with van der Waals surface area (Å²) in [6.07, 6.45) is 1.16. The molecule has 4 rings (SSSR count). The van der Waals surface area contributed by atoms with Crippen LogP contribution in [0.3, 0.4) is 0 Å². The van der Waals surface area contributed by atoms with Crippen LogP contribution in [0.1, 0.15) is 71.5 Å². The molecule has 0 radical (unpaired) electrons. The summed E-state index contributed by atoms with van der Waals surface area (Å²) >= 11 is 0. The molecule has 2 aliphatic heterocycles. The van der Waals surface area contributed by atoms with Crippen molar-refractivity contribution in [2.75, 3.05) is 45.3 Å². The van der Waals surface area contributed by atoms with Crippen molar-refractivity contribution in [3.63, 3.8) is 0 Å². The van der Waals surface area contributed by atoms with Gasteiger partial charge in [0.1, 0.15) is 11.6 Å². The van der Waals surface area contributed by atoms with Crippen LogP contribution in [-0.2, 0) is 16.7 Å². The predicted octanol–water partition coefficient (Wildman–Crippen LogP) is 3.99. The summed E-state index contributed by atoms with van der Waals surface area (Å²) < 4.78 is 11.2. The number of anilines is 1. The lowest BCUT2D eigenvalue weighted by atomic mass is 9.85. The molecule has 0 aromatic heterocycles. The van der Waals surface area contributed by atoms with Crippen molar-refractivity contribution >= 4 is 23.2 Å². The Hall–Kier alpha value is -3.39. The normalized spacial score (nSPS) is 17.2. The highest BCUT2D eigenvalue weighted by atomic mass is 16.5. The summed E-state index contributed by atoms with van der Waals surface area (Å²) in [7, 11) is 3.31. The molecule has 2 aromatic carbocycles. The molecule has 8 heteroatoms. The van der Waals surface area contributed by atoms with Crippen molar-refractivity contribution in [3.8, 4) is 5.75 Å². The van der Waals surface area contributed by atoms with E-state index in [4.69, 9.17) is 14.9 Å². The number of amides is 1. The van der Waals surface area contributed by atoms with Crippen LogP contribution in [0.15, 0.2) is 30.3 Å². The molecule has 0 saturated carbocycles. The smallest absolute Gasteiger partial charge is 0.254 e. The van der Waals surface area contributed by atoms with Gasteiger partial charge in [-0.05, 0) is 60.2 Å². The Morgan fingerprint density at radius 3 is 2.54 bits per heavy atom. The molecule has 1 saturated heterocycles. The van der Waals surface area contributed by atoms with Gasteiger partial charge in [0, 0.05) is 50.6 Å². The van der Waals surface area contributed by atoms with Gasteiger partial charge in [-0.2, -0.15) is 0 Å². The molecule has 0 spiro atoms. The van der Waals surface area contributed by atoms with Crippen LogP contribution in [-0.4, -0.2) is 68.9 Å². The molecule has 8 nitrogen and oxygen atoms in total. The number of nitrogens with one attached hydrogen (secondary N) is 2. The first-order chi connectivity index (χ1) is 17.5. The summed E-state index contributed by atoms with van der Waals surface area (Å²) in [5.41, 5.74) is 4.59. The summed E-state index contributed by atoms with van der Waals surface area (Å²) in [4.78, 5) is 30.0. The first-order valence-corrected chi connectivity index (χ1v) is 12.9. The van der Waals surface area contributed by atoms with Gasteiger partial charge in [0.15, 0.2) is 5.78 Å². The van der Waals surface area contributed by atoms with Crippen LogP contribution in [0, 0.1) is 5.41 Å². The number of nitrogens with zero attached hydrogens (tertiary/aromatic N) is 2. The zero-order chi connectivity index (χ0) is 26.9. The lowest BCUT2D eigenvalue weighted by Crippen LogP contribution is -2.31. The van der Waals surface area contributed by atoms with E-state index in [1.807, 2.05) is 25.1 Å². The number of amidine groups is 1. The zero-order valence-corrected chi connectivity index (χ0v) is 22.7. The average molecular weight is 507 g/mol. The Labute approximate surface area is 219 Å². The van der Waals surface area contributed by atoms with Gasteiger partial charge in [0.05, 0.1) is 24.8 Å². The van der Waals surface area contributed by atoms with Crippen LogP contribution < -0.4 is 15.0 Å². The maximum Gasteiger partial charge on any atom is 0.254 e. The molecule has 198 valence electrons. The Morgan fingerprint density at radius 1 is 1.16 bits per heavy atom. The summed E-state index contributed by atoms with van der Waals surface area (Å²) in [5.74, 6) is 0.428. The number of rotatable bonds is 8. The van der Waals surface area contributed by atoms with E-state index in [0.717, 1.165) is 36.3 Å². The van der Waals surface area contributed by atoms with Crippen LogP contribution in [0.25, 0.3) is 0 Å². The Balaban J connectivity index is 1.60. The second kappa shape index (κ2) is 10.5. The number of Topliss-reactive ketones (excluding diaryl/α,β-unsaturated/α-hetero) is 1. The summed E-state index contributed by atoms with van der Waals surface area (Å²) in [5, 5.41) is 11.4. The Bertz CT molecular complexity index is 1220. The molecular weight excluding hydrogens is 468 g/mol. The highest BCUT2D eigenvalue weighted by Crippen LogP contribution is 2.33. The fourth-order valence-electron chi connectivity index (χ4n) is 4.96. The third-order valence-electron chi connectivity index (χ3n) is 7.19. The first kappa shape index (κ1) is 26.7. The van der Waals surface area contributed by atoms with E-state index in [1.54, 1.807) is 25.1 Å². The van der Waals surface area contributed by atoms with Crippen molar-refractivity contribution in [3.05, 3.63) is 58.1 Å². The first-order valence-electron chi connectivity index (χ1n) is 12.9. The van der Waals surface area contributed by atoms with Gasteiger partial charge in [-0.1, -0.05) is 20.8 Å². The molecule has 2 aromatic rings. The van der Waals surface area contributed by atoms with Crippen molar-refractivity contribution < 1.29 is 19.1 Å². The number of methoxy groups -OCH3 is 1. The Kier molecular flexibility index (Phi) is 7.59. The number of carbonyl (C=O) groups excluding carboxylic acids is 2. The van der Waals surface area contributed by atoms with Gasteiger partial charge in [0.25, 0.3) is 5.91 Å². The molecule has 2 aliphatic rings. The van der Waals surface area contributed by atoms with Gasteiger partial charge in [-0.3, -0.25) is 15.0 Å². The molecule has 1 atom stereocenters. The fraction of sp³-hybridized carbons (Fsp3) is 0.483. The van der Waals surface area contributed by atoms with Crippen molar-refractivity contribution in [1.82, 2.24) is 10.2 Å². The minimum Gasteiger partial charge on any atom is -0.493 e. The monoisotopic (exact) mass is 506 g/mol. The number of carbonyl (C=O) groups is 2. The Morgan fingerprint density at radius 2 is 1.92 bits per heavy atom. The van der Waals surface area contributed by atoms with Crippen molar-refractivity contribution in [2.45, 2.75) is 52.2 Å². The maximum atomic E-state index is 13.6. The summed E-state index contributed by atoms with van der Waals surface area (Å²) in [6.45, 7) is 10.9. The van der Waals surface area contributed by atoms with E-state index in [2.05, 4.69) is 37.1 Å². The van der Waals surface area contributed by atoms with Gasteiger partial charge in [-0.15, -0.1) is 0 Å². The van der Waals surface area contributed by atoms with Crippen molar-refractivity contribution in [1.29, 1.82) is 5.41 Å². The predicted molar refractivity (Wildman–Crippen MR) is 145 cm³/mol. The molecule has 2 heterocycles. The van der Waals surface area contributed by atoms with E-state index < -0.39 is 0 Å². The summed E-state index contributed by atoms with van der Waals surface area (Å²) in [6, 6.07) is 9.65. The SMILES string of the molecule is CCOc1cc2c(cc1C(=O)NC)C(=N)N(CC(=O)c1cc(N3CCC(OC)C3)cc(C(C)(C)C)c1)C2.